The molecule has 1 heterocycles. The summed E-state index contributed by atoms with van der Waals surface area (Å²) in [6.07, 6.45) is 4.20. The van der Waals surface area contributed by atoms with Gasteiger partial charge in [0.15, 0.2) is 0 Å². The van der Waals surface area contributed by atoms with Gasteiger partial charge in [-0.15, -0.1) is 0 Å². The van der Waals surface area contributed by atoms with Crippen LogP contribution in [0, 0.1) is 5.92 Å². The maximum absolute atomic E-state index is 11.6. The number of ether oxygens (including phenoxy) is 2. The van der Waals surface area contributed by atoms with Crippen LogP contribution in [-0.2, 0) is 19.1 Å². The Morgan fingerprint density at radius 2 is 1.94 bits per heavy atom. The second kappa shape index (κ2) is 5.15. The first-order valence-electron chi connectivity index (χ1n) is 4.59. The molecule has 2 N–H and O–H groups in total. The molecule has 0 saturated heterocycles. The zero-order chi connectivity index (χ0) is 13.1. The van der Waals surface area contributed by atoms with Gasteiger partial charge >= 0.3 is 11.9 Å². The number of carbonyl (C=O) groups excluding carboxylic acids is 2. The summed E-state index contributed by atoms with van der Waals surface area (Å²) < 4.78 is 9.92. The standard InChI is InChI=1S/C9H12ClN3O4/c1-16-7(14)6(8(15)17-2)9(11)12-4-3-5-13(9)10/h3-6H,11H2,1-2H3. The van der Waals surface area contributed by atoms with Crippen molar-refractivity contribution in [2.24, 2.45) is 16.6 Å². The van der Waals surface area contributed by atoms with Crippen molar-refractivity contribution < 1.29 is 19.1 Å². The Morgan fingerprint density at radius 1 is 1.41 bits per heavy atom. The minimum Gasteiger partial charge on any atom is -0.468 e. The molecule has 0 spiro atoms. The summed E-state index contributed by atoms with van der Waals surface area (Å²) in [4.78, 5) is 27.0. The van der Waals surface area contributed by atoms with Gasteiger partial charge in [0, 0.05) is 24.2 Å². The molecule has 0 bridgehead atoms. The monoisotopic (exact) mass is 261 g/mol. The molecule has 1 atom stereocenters. The average Bonchev–Trinajstić information content (AvgIpc) is 2.32. The van der Waals surface area contributed by atoms with Crippen molar-refractivity contribution in [2.45, 2.75) is 5.79 Å². The molecule has 94 valence electrons. The Labute approximate surface area is 103 Å². The Bertz CT molecular complexity index is 368. The van der Waals surface area contributed by atoms with Crippen LogP contribution in [0.4, 0.5) is 0 Å². The van der Waals surface area contributed by atoms with Crippen LogP contribution >= 0.6 is 11.8 Å². The molecule has 0 saturated carbocycles. The van der Waals surface area contributed by atoms with E-state index in [2.05, 4.69) is 14.5 Å². The van der Waals surface area contributed by atoms with Gasteiger partial charge in [0.05, 0.1) is 14.2 Å². The van der Waals surface area contributed by atoms with Crippen LogP contribution in [0.1, 0.15) is 0 Å². The molecular weight excluding hydrogens is 250 g/mol. The Kier molecular flexibility index (Phi) is 4.08. The number of allylic oxidation sites excluding steroid dienone is 1. The van der Waals surface area contributed by atoms with E-state index in [4.69, 9.17) is 17.5 Å². The maximum atomic E-state index is 11.6. The summed E-state index contributed by atoms with van der Waals surface area (Å²) in [7, 11) is 2.26. The van der Waals surface area contributed by atoms with Crippen molar-refractivity contribution in [1.82, 2.24) is 4.42 Å². The van der Waals surface area contributed by atoms with Crippen molar-refractivity contribution >= 4 is 29.9 Å². The highest BCUT2D eigenvalue weighted by molar-refractivity contribution is 6.15. The quantitative estimate of drug-likeness (QED) is 0.423. The van der Waals surface area contributed by atoms with Gasteiger partial charge in [0.25, 0.3) is 0 Å². The molecule has 0 fully saturated rings. The zero-order valence-electron chi connectivity index (χ0n) is 9.29. The molecule has 7 nitrogen and oxygen atoms in total. The summed E-state index contributed by atoms with van der Waals surface area (Å²) in [5.41, 5.74) is 5.84. The molecule has 0 amide bonds. The fraction of sp³-hybridized carbons (Fsp3) is 0.444. The fourth-order valence-electron chi connectivity index (χ4n) is 1.33. The van der Waals surface area contributed by atoms with Gasteiger partial charge < -0.3 is 9.47 Å². The topological polar surface area (TPSA) is 94.2 Å². The number of methoxy groups -OCH3 is 2. The van der Waals surface area contributed by atoms with E-state index in [1.165, 1.54) is 18.5 Å². The number of carbonyl (C=O) groups is 2. The molecule has 1 aliphatic rings. The Morgan fingerprint density at radius 3 is 2.35 bits per heavy atom. The van der Waals surface area contributed by atoms with E-state index >= 15 is 0 Å². The van der Waals surface area contributed by atoms with E-state index < -0.39 is 23.6 Å². The van der Waals surface area contributed by atoms with Crippen LogP contribution in [0.3, 0.4) is 0 Å². The first-order chi connectivity index (χ1) is 7.97. The third-order valence-electron chi connectivity index (χ3n) is 2.23. The molecule has 0 aromatic rings. The van der Waals surface area contributed by atoms with Gasteiger partial charge in [0.1, 0.15) is 0 Å². The minimum atomic E-state index is -1.77. The molecule has 8 heteroatoms. The van der Waals surface area contributed by atoms with E-state index in [1.807, 2.05) is 0 Å². The van der Waals surface area contributed by atoms with E-state index in [-0.39, 0.29) is 0 Å². The number of nitrogens with zero attached hydrogens (tertiary/aromatic N) is 2. The molecule has 0 radical (unpaired) electrons. The summed E-state index contributed by atoms with van der Waals surface area (Å²) in [5, 5.41) is 0. The number of hydrogen-bond acceptors (Lipinski definition) is 7. The second-order valence-electron chi connectivity index (χ2n) is 3.19. The van der Waals surface area contributed by atoms with Crippen molar-refractivity contribution in [3.63, 3.8) is 0 Å². The van der Waals surface area contributed by atoms with Crippen LogP contribution in [0.25, 0.3) is 0 Å². The molecule has 1 unspecified atom stereocenters. The summed E-state index contributed by atoms with van der Waals surface area (Å²) in [6, 6.07) is 0. The highest BCUT2D eigenvalue weighted by atomic mass is 35.5. The smallest absolute Gasteiger partial charge is 0.326 e. The van der Waals surface area contributed by atoms with Crippen molar-refractivity contribution in [2.75, 3.05) is 14.2 Å². The molecule has 1 rings (SSSR count). The normalized spacial score (nSPS) is 22.8. The first kappa shape index (κ1) is 13.5. The predicted molar refractivity (Wildman–Crippen MR) is 59.8 cm³/mol. The number of aliphatic imine (C=N–C) groups is 1. The van der Waals surface area contributed by atoms with Gasteiger partial charge in [-0.25, -0.2) is 4.99 Å². The highest BCUT2D eigenvalue weighted by Gasteiger charge is 2.50. The van der Waals surface area contributed by atoms with E-state index in [0.29, 0.717) is 0 Å². The first-order valence-corrected chi connectivity index (χ1v) is 4.93. The summed E-state index contributed by atoms with van der Waals surface area (Å²) >= 11 is 5.81. The zero-order valence-corrected chi connectivity index (χ0v) is 10.0. The molecule has 1 aliphatic heterocycles. The Balaban J connectivity index is 3.13. The number of esters is 2. The molecule has 0 aliphatic carbocycles. The SMILES string of the molecule is COC(=O)C(C(=O)OC)C1(N)N=CC=CN1Cl. The van der Waals surface area contributed by atoms with Crippen LogP contribution in [0.2, 0.25) is 0 Å². The summed E-state index contributed by atoms with van der Waals surface area (Å²) in [5.74, 6) is -5.00. The molecule has 0 aromatic heterocycles. The van der Waals surface area contributed by atoms with Gasteiger partial charge in [-0.3, -0.25) is 19.7 Å². The number of halogens is 1. The summed E-state index contributed by atoms with van der Waals surface area (Å²) in [6.45, 7) is 0. The lowest BCUT2D eigenvalue weighted by atomic mass is 10.0. The van der Waals surface area contributed by atoms with Crippen LogP contribution in [0.5, 0.6) is 0 Å². The van der Waals surface area contributed by atoms with E-state index in [9.17, 15) is 9.59 Å². The van der Waals surface area contributed by atoms with Gasteiger partial charge in [0.2, 0.25) is 11.7 Å². The maximum Gasteiger partial charge on any atom is 0.326 e. The largest absolute Gasteiger partial charge is 0.468 e. The van der Waals surface area contributed by atoms with Crippen LogP contribution in [-0.4, -0.2) is 42.6 Å². The third-order valence-corrected chi connectivity index (χ3v) is 2.61. The fourth-order valence-corrected chi connectivity index (χ4v) is 1.53. The lowest BCUT2D eigenvalue weighted by molar-refractivity contribution is -0.164. The lowest BCUT2D eigenvalue weighted by Gasteiger charge is -2.36. The van der Waals surface area contributed by atoms with Crippen molar-refractivity contribution in [3.8, 4) is 0 Å². The predicted octanol–water partition coefficient (Wildman–Crippen LogP) is -0.385. The van der Waals surface area contributed by atoms with Gasteiger partial charge in [-0.2, -0.15) is 0 Å². The number of rotatable bonds is 3. The van der Waals surface area contributed by atoms with Crippen molar-refractivity contribution in [1.29, 1.82) is 0 Å². The number of hydrogen-bond donors (Lipinski definition) is 1. The van der Waals surface area contributed by atoms with Gasteiger partial charge in [-0.1, -0.05) is 0 Å². The highest BCUT2D eigenvalue weighted by Crippen LogP contribution is 2.27. The molecular formula is C9H12ClN3O4. The van der Waals surface area contributed by atoms with E-state index in [1.54, 1.807) is 0 Å². The van der Waals surface area contributed by atoms with Crippen molar-refractivity contribution in [3.05, 3.63) is 12.3 Å². The average molecular weight is 262 g/mol. The Hall–Kier alpha value is -1.60. The van der Waals surface area contributed by atoms with Crippen LogP contribution in [0.15, 0.2) is 17.3 Å². The molecule has 0 aromatic carbocycles. The van der Waals surface area contributed by atoms with Gasteiger partial charge in [-0.05, 0) is 6.08 Å². The number of nitrogens with two attached hydrogens (primary N) is 1. The minimum absolute atomic E-state index is 0.877. The second-order valence-corrected chi connectivity index (χ2v) is 3.56. The van der Waals surface area contributed by atoms with Crippen LogP contribution < -0.4 is 5.73 Å². The third kappa shape index (κ3) is 2.40. The van der Waals surface area contributed by atoms with E-state index in [0.717, 1.165) is 18.6 Å². The lowest BCUT2D eigenvalue weighted by Crippen LogP contribution is -2.60. The molecule has 17 heavy (non-hydrogen) atoms.